The Kier molecular flexibility index (Phi) is 1.87. The molecule has 59 valence electrons. The van der Waals surface area contributed by atoms with E-state index in [9.17, 15) is 0 Å². The Hall–Kier alpha value is -0.870. The summed E-state index contributed by atoms with van der Waals surface area (Å²) < 4.78 is 7.38. The van der Waals surface area contributed by atoms with Gasteiger partial charge in [0.15, 0.2) is 0 Å². The van der Waals surface area contributed by atoms with Crippen LogP contribution < -0.4 is 5.32 Å². The van der Waals surface area contributed by atoms with Crippen molar-refractivity contribution in [2.75, 3.05) is 19.7 Å². The number of aromatic nitrogens is 2. The van der Waals surface area contributed by atoms with E-state index in [-0.39, 0.29) is 6.23 Å². The second kappa shape index (κ2) is 3.02. The van der Waals surface area contributed by atoms with Crippen molar-refractivity contribution >= 4 is 0 Å². The lowest BCUT2D eigenvalue weighted by Crippen LogP contribution is -2.31. The molecule has 0 aromatic carbocycles. The topological polar surface area (TPSA) is 41.2 Å². The van der Waals surface area contributed by atoms with E-state index < -0.39 is 0 Å². The molecule has 0 spiro atoms. The van der Waals surface area contributed by atoms with Gasteiger partial charge in [0, 0.05) is 18.9 Å². The largest absolute Gasteiger partial charge is 0.355 e. The molecule has 0 amide bonds. The molecule has 2 rings (SSSR count). The van der Waals surface area contributed by atoms with Gasteiger partial charge < -0.3 is 9.30 Å². The molecule has 4 nitrogen and oxygen atoms in total. The third-order valence-corrected chi connectivity index (χ3v) is 1.70. The van der Waals surface area contributed by atoms with Crippen LogP contribution in [0.25, 0.3) is 0 Å². The highest BCUT2D eigenvalue weighted by Crippen LogP contribution is 2.09. The van der Waals surface area contributed by atoms with E-state index in [1.54, 1.807) is 12.5 Å². The van der Waals surface area contributed by atoms with Crippen molar-refractivity contribution in [2.45, 2.75) is 6.23 Å². The van der Waals surface area contributed by atoms with E-state index in [0.717, 1.165) is 19.7 Å². The molecule has 1 aromatic rings. The highest BCUT2D eigenvalue weighted by Gasteiger charge is 2.14. The molecule has 1 radical (unpaired) electrons. The van der Waals surface area contributed by atoms with Crippen molar-refractivity contribution in [2.24, 2.45) is 0 Å². The van der Waals surface area contributed by atoms with Crippen molar-refractivity contribution in [1.29, 1.82) is 0 Å². The van der Waals surface area contributed by atoms with E-state index >= 15 is 0 Å². The zero-order valence-electron chi connectivity index (χ0n) is 6.18. The van der Waals surface area contributed by atoms with Crippen LogP contribution in [0.3, 0.4) is 0 Å². The first-order chi connectivity index (χ1) is 5.47. The second-order valence-electron chi connectivity index (χ2n) is 2.47. The van der Waals surface area contributed by atoms with Crippen LogP contribution in [0.1, 0.15) is 6.23 Å². The zero-order chi connectivity index (χ0) is 7.52. The van der Waals surface area contributed by atoms with Crippen LogP contribution in [-0.2, 0) is 4.74 Å². The lowest BCUT2D eigenvalue weighted by molar-refractivity contribution is -0.0209. The van der Waals surface area contributed by atoms with Crippen LogP contribution in [0.4, 0.5) is 0 Å². The van der Waals surface area contributed by atoms with Gasteiger partial charge in [-0.25, -0.2) is 10.3 Å². The fourth-order valence-electron chi connectivity index (χ4n) is 1.13. The quantitative estimate of drug-likeness (QED) is 0.569. The van der Waals surface area contributed by atoms with E-state index in [4.69, 9.17) is 4.74 Å². The molecule has 1 unspecified atom stereocenters. The third kappa shape index (κ3) is 1.41. The summed E-state index contributed by atoms with van der Waals surface area (Å²) in [5.74, 6) is 0. The maximum Gasteiger partial charge on any atom is 0.148 e. The molecule has 11 heavy (non-hydrogen) atoms. The van der Waals surface area contributed by atoms with Crippen molar-refractivity contribution in [3.8, 4) is 0 Å². The smallest absolute Gasteiger partial charge is 0.148 e. The first kappa shape index (κ1) is 6.82. The number of morpholine rings is 1. The summed E-state index contributed by atoms with van der Waals surface area (Å²) >= 11 is 0. The molecule has 0 N–H and O–H groups in total. The number of hydrogen-bond donors (Lipinski definition) is 0. The molecular formula is C7H10N3O. The first-order valence-corrected chi connectivity index (χ1v) is 3.69. The summed E-state index contributed by atoms with van der Waals surface area (Å²) in [7, 11) is 0. The van der Waals surface area contributed by atoms with Gasteiger partial charge in [0.25, 0.3) is 0 Å². The third-order valence-electron chi connectivity index (χ3n) is 1.70. The maximum atomic E-state index is 5.45. The monoisotopic (exact) mass is 152 g/mol. The molecule has 0 saturated carbocycles. The summed E-state index contributed by atoms with van der Waals surface area (Å²) in [6, 6.07) is 0. The number of imidazole rings is 1. The van der Waals surface area contributed by atoms with Gasteiger partial charge in [0.1, 0.15) is 6.23 Å². The Bertz CT molecular complexity index is 203. The van der Waals surface area contributed by atoms with E-state index in [1.165, 1.54) is 0 Å². The van der Waals surface area contributed by atoms with Crippen LogP contribution in [-0.4, -0.2) is 29.2 Å². The standard InChI is InChI=1S/C7H10N3O/c1-3-10(6-9-1)7-5-8-2-4-11-7/h1,3,6-7H,2,4-5H2. The van der Waals surface area contributed by atoms with Gasteiger partial charge in [-0.15, -0.1) is 0 Å². The predicted octanol–water partition coefficient (Wildman–Crippen LogP) is 0.0163. The molecule has 2 heterocycles. The van der Waals surface area contributed by atoms with Crippen LogP contribution in [0.15, 0.2) is 18.7 Å². The van der Waals surface area contributed by atoms with Crippen molar-refractivity contribution in [3.63, 3.8) is 0 Å². The fraction of sp³-hybridized carbons (Fsp3) is 0.571. The van der Waals surface area contributed by atoms with Crippen molar-refractivity contribution < 1.29 is 4.74 Å². The molecule has 1 atom stereocenters. The van der Waals surface area contributed by atoms with Gasteiger partial charge in [0.2, 0.25) is 0 Å². The number of hydrogen-bond acceptors (Lipinski definition) is 2. The second-order valence-corrected chi connectivity index (χ2v) is 2.47. The Morgan fingerprint density at radius 3 is 3.18 bits per heavy atom. The molecule has 4 heteroatoms. The molecular weight excluding hydrogens is 142 g/mol. The zero-order valence-corrected chi connectivity index (χ0v) is 6.18. The lowest BCUT2D eigenvalue weighted by Gasteiger charge is -2.22. The Balaban J connectivity index is 2.04. The minimum atomic E-state index is 0.0752. The van der Waals surface area contributed by atoms with Crippen molar-refractivity contribution in [1.82, 2.24) is 14.9 Å². The van der Waals surface area contributed by atoms with Gasteiger partial charge in [-0.2, -0.15) is 0 Å². The van der Waals surface area contributed by atoms with Crippen molar-refractivity contribution in [3.05, 3.63) is 18.7 Å². The molecule has 0 aliphatic carbocycles. The van der Waals surface area contributed by atoms with Crippen LogP contribution in [0.2, 0.25) is 0 Å². The number of nitrogens with zero attached hydrogens (tertiary/aromatic N) is 3. The normalized spacial score (nSPS) is 25.3. The molecule has 1 fully saturated rings. The predicted molar refractivity (Wildman–Crippen MR) is 39.1 cm³/mol. The Labute approximate surface area is 65.2 Å². The number of ether oxygens (including phenoxy) is 1. The van der Waals surface area contributed by atoms with Crippen LogP contribution >= 0.6 is 0 Å². The molecule has 1 saturated heterocycles. The minimum absolute atomic E-state index is 0.0752. The summed E-state index contributed by atoms with van der Waals surface area (Å²) in [5, 5.41) is 4.24. The van der Waals surface area contributed by atoms with Gasteiger partial charge >= 0.3 is 0 Å². The van der Waals surface area contributed by atoms with Gasteiger partial charge in [-0.05, 0) is 0 Å². The summed E-state index contributed by atoms with van der Waals surface area (Å²) in [6.07, 6.45) is 5.47. The Morgan fingerprint density at radius 1 is 1.55 bits per heavy atom. The van der Waals surface area contributed by atoms with E-state index in [2.05, 4.69) is 10.3 Å². The average molecular weight is 152 g/mol. The average Bonchev–Trinajstić information content (AvgIpc) is 2.58. The van der Waals surface area contributed by atoms with Crippen LogP contribution in [0, 0.1) is 0 Å². The molecule has 1 aliphatic heterocycles. The maximum absolute atomic E-state index is 5.45. The summed E-state index contributed by atoms with van der Waals surface area (Å²) in [6.45, 7) is 2.30. The van der Waals surface area contributed by atoms with E-state index in [1.807, 2.05) is 10.8 Å². The minimum Gasteiger partial charge on any atom is -0.355 e. The summed E-state index contributed by atoms with van der Waals surface area (Å²) in [4.78, 5) is 3.94. The summed E-state index contributed by atoms with van der Waals surface area (Å²) in [5.41, 5.74) is 0. The Morgan fingerprint density at radius 2 is 2.55 bits per heavy atom. The highest BCUT2D eigenvalue weighted by atomic mass is 16.5. The van der Waals surface area contributed by atoms with Crippen LogP contribution in [0.5, 0.6) is 0 Å². The van der Waals surface area contributed by atoms with E-state index in [0.29, 0.717) is 0 Å². The first-order valence-electron chi connectivity index (χ1n) is 3.69. The van der Waals surface area contributed by atoms with Gasteiger partial charge in [-0.1, -0.05) is 0 Å². The molecule has 1 aliphatic rings. The molecule has 1 aromatic heterocycles. The fourth-order valence-corrected chi connectivity index (χ4v) is 1.13. The van der Waals surface area contributed by atoms with Gasteiger partial charge in [0.05, 0.1) is 19.5 Å². The van der Waals surface area contributed by atoms with Gasteiger partial charge in [-0.3, -0.25) is 0 Å². The highest BCUT2D eigenvalue weighted by molar-refractivity contribution is 4.78. The SMILES string of the molecule is c1cn(C2C[N]CCO2)cn1. The number of rotatable bonds is 1. The lowest BCUT2D eigenvalue weighted by atomic mass is 10.4. The molecule has 0 bridgehead atoms.